The molecule has 8 heteroatoms. The van der Waals surface area contributed by atoms with Gasteiger partial charge in [-0.15, -0.1) is 0 Å². The molecule has 0 spiro atoms. The SMILES string of the molecule is CCCC(NC(=O)C1CCCN(S(=O)(=O)CC)C1)C(=O)O. The normalized spacial score (nSPS) is 21.7. The number of carbonyl (C=O) groups excluding carboxylic acids is 1. The summed E-state index contributed by atoms with van der Waals surface area (Å²) in [7, 11) is -3.31. The third kappa shape index (κ3) is 4.96. The lowest BCUT2D eigenvalue weighted by atomic mass is 9.98. The van der Waals surface area contributed by atoms with E-state index in [0.29, 0.717) is 32.2 Å². The van der Waals surface area contributed by atoms with E-state index < -0.39 is 28.0 Å². The van der Waals surface area contributed by atoms with E-state index in [1.807, 2.05) is 6.92 Å². The number of rotatable bonds is 7. The fourth-order valence-electron chi connectivity index (χ4n) is 2.43. The van der Waals surface area contributed by atoms with Crippen molar-refractivity contribution >= 4 is 21.9 Å². The molecule has 1 aliphatic heterocycles. The molecule has 2 unspecified atom stereocenters. The molecule has 21 heavy (non-hydrogen) atoms. The van der Waals surface area contributed by atoms with Gasteiger partial charge in [0.05, 0.1) is 11.7 Å². The molecular formula is C13H24N2O5S. The standard InChI is InChI=1S/C13H24N2O5S/c1-3-6-11(13(17)18)14-12(16)10-7-5-8-15(9-10)21(19,20)4-2/h10-11H,3-9H2,1-2H3,(H,14,16)(H,17,18). The second kappa shape index (κ2) is 7.74. The number of piperidine rings is 1. The number of carboxylic acids is 1. The van der Waals surface area contributed by atoms with Crippen LogP contribution < -0.4 is 5.32 Å². The number of aliphatic carboxylic acids is 1. The molecule has 0 aromatic heterocycles. The summed E-state index contributed by atoms with van der Waals surface area (Å²) in [5, 5.41) is 11.6. The summed E-state index contributed by atoms with van der Waals surface area (Å²) in [5.41, 5.74) is 0. The van der Waals surface area contributed by atoms with E-state index in [2.05, 4.69) is 5.32 Å². The van der Waals surface area contributed by atoms with Gasteiger partial charge >= 0.3 is 5.97 Å². The molecule has 122 valence electrons. The molecule has 1 rings (SSSR count). The molecule has 0 radical (unpaired) electrons. The van der Waals surface area contributed by atoms with Crippen LogP contribution in [0.4, 0.5) is 0 Å². The van der Waals surface area contributed by atoms with Crippen molar-refractivity contribution in [1.82, 2.24) is 9.62 Å². The summed E-state index contributed by atoms with van der Waals surface area (Å²) >= 11 is 0. The first-order valence-electron chi connectivity index (χ1n) is 7.32. The number of carboxylic acid groups (broad SMARTS) is 1. The fraction of sp³-hybridized carbons (Fsp3) is 0.846. The molecule has 0 aromatic carbocycles. The van der Waals surface area contributed by atoms with E-state index in [-0.39, 0.29) is 18.2 Å². The molecule has 0 aromatic rings. The van der Waals surface area contributed by atoms with Crippen LogP contribution in [0.25, 0.3) is 0 Å². The Morgan fingerprint density at radius 2 is 2.05 bits per heavy atom. The van der Waals surface area contributed by atoms with Gasteiger partial charge in [-0.1, -0.05) is 13.3 Å². The van der Waals surface area contributed by atoms with Crippen LogP contribution in [0.15, 0.2) is 0 Å². The number of amides is 1. The number of nitrogens with zero attached hydrogens (tertiary/aromatic N) is 1. The second-order valence-electron chi connectivity index (χ2n) is 5.29. The van der Waals surface area contributed by atoms with Crippen molar-refractivity contribution in [3.63, 3.8) is 0 Å². The zero-order valence-corrected chi connectivity index (χ0v) is 13.4. The molecule has 0 saturated carbocycles. The molecular weight excluding hydrogens is 296 g/mol. The molecule has 1 saturated heterocycles. The van der Waals surface area contributed by atoms with Crippen molar-refractivity contribution in [3.8, 4) is 0 Å². The molecule has 2 atom stereocenters. The molecule has 1 amide bonds. The predicted octanol–water partition coefficient (Wildman–Crippen LogP) is 0.418. The Morgan fingerprint density at radius 3 is 2.57 bits per heavy atom. The number of carbonyl (C=O) groups is 2. The van der Waals surface area contributed by atoms with E-state index in [1.54, 1.807) is 6.92 Å². The third-order valence-corrected chi connectivity index (χ3v) is 5.55. The molecule has 0 bridgehead atoms. The van der Waals surface area contributed by atoms with E-state index in [0.717, 1.165) is 0 Å². The van der Waals surface area contributed by atoms with E-state index >= 15 is 0 Å². The summed E-state index contributed by atoms with van der Waals surface area (Å²) in [6, 6.07) is -0.902. The van der Waals surface area contributed by atoms with Gasteiger partial charge in [0.15, 0.2) is 0 Å². The van der Waals surface area contributed by atoms with Crippen molar-refractivity contribution < 1.29 is 23.1 Å². The number of hydrogen-bond donors (Lipinski definition) is 2. The minimum absolute atomic E-state index is 0.00885. The van der Waals surface area contributed by atoms with Crippen molar-refractivity contribution in [2.45, 2.75) is 45.6 Å². The van der Waals surface area contributed by atoms with Crippen molar-refractivity contribution in [1.29, 1.82) is 0 Å². The maximum atomic E-state index is 12.2. The number of nitrogens with one attached hydrogen (secondary N) is 1. The third-order valence-electron chi connectivity index (χ3n) is 3.71. The lowest BCUT2D eigenvalue weighted by Crippen LogP contribution is -2.49. The minimum Gasteiger partial charge on any atom is -0.480 e. The molecule has 2 N–H and O–H groups in total. The van der Waals surface area contributed by atoms with Crippen LogP contribution in [0.1, 0.15) is 39.5 Å². The fourth-order valence-corrected chi connectivity index (χ4v) is 3.61. The zero-order chi connectivity index (χ0) is 16.0. The van der Waals surface area contributed by atoms with Crippen molar-refractivity contribution in [2.75, 3.05) is 18.8 Å². The lowest BCUT2D eigenvalue weighted by Gasteiger charge is -2.31. The van der Waals surface area contributed by atoms with Crippen LogP contribution in [0.3, 0.4) is 0 Å². The quantitative estimate of drug-likeness (QED) is 0.707. The van der Waals surface area contributed by atoms with Crippen LogP contribution in [0.2, 0.25) is 0 Å². The van der Waals surface area contributed by atoms with E-state index in [9.17, 15) is 18.0 Å². The molecule has 1 heterocycles. The van der Waals surface area contributed by atoms with Crippen LogP contribution in [-0.4, -0.2) is 54.6 Å². The summed E-state index contributed by atoms with van der Waals surface area (Å²) in [5.74, 6) is -1.89. The van der Waals surface area contributed by atoms with E-state index in [4.69, 9.17) is 5.11 Å². The highest BCUT2D eigenvalue weighted by molar-refractivity contribution is 7.89. The van der Waals surface area contributed by atoms with Crippen molar-refractivity contribution in [2.24, 2.45) is 5.92 Å². The summed E-state index contributed by atoms with van der Waals surface area (Å²) in [6.07, 6.45) is 2.21. The Kier molecular flexibility index (Phi) is 6.60. The van der Waals surface area contributed by atoms with Gasteiger partial charge in [-0.2, -0.15) is 0 Å². The van der Waals surface area contributed by atoms with Gasteiger partial charge in [-0.3, -0.25) is 4.79 Å². The van der Waals surface area contributed by atoms with Gasteiger partial charge in [-0.05, 0) is 26.2 Å². The highest BCUT2D eigenvalue weighted by Crippen LogP contribution is 2.20. The number of hydrogen-bond acceptors (Lipinski definition) is 4. The van der Waals surface area contributed by atoms with Crippen LogP contribution in [-0.2, 0) is 19.6 Å². The minimum atomic E-state index is -3.31. The average Bonchev–Trinajstić information content (AvgIpc) is 2.46. The summed E-state index contributed by atoms with van der Waals surface area (Å²) < 4.78 is 25.0. The van der Waals surface area contributed by atoms with Gasteiger partial charge in [0.2, 0.25) is 15.9 Å². The second-order valence-corrected chi connectivity index (χ2v) is 7.54. The van der Waals surface area contributed by atoms with Gasteiger partial charge in [0.1, 0.15) is 6.04 Å². The maximum Gasteiger partial charge on any atom is 0.326 e. The Bertz CT molecular complexity index is 477. The predicted molar refractivity (Wildman–Crippen MR) is 78.2 cm³/mol. The monoisotopic (exact) mass is 320 g/mol. The topological polar surface area (TPSA) is 104 Å². The van der Waals surface area contributed by atoms with Crippen molar-refractivity contribution in [3.05, 3.63) is 0 Å². The summed E-state index contributed by atoms with van der Waals surface area (Å²) in [6.45, 7) is 3.98. The molecule has 1 aliphatic rings. The Balaban J connectivity index is 2.67. The van der Waals surface area contributed by atoms with Crippen LogP contribution >= 0.6 is 0 Å². The zero-order valence-electron chi connectivity index (χ0n) is 12.5. The lowest BCUT2D eigenvalue weighted by molar-refractivity contribution is -0.142. The number of sulfonamides is 1. The largest absolute Gasteiger partial charge is 0.480 e. The van der Waals surface area contributed by atoms with E-state index in [1.165, 1.54) is 4.31 Å². The average molecular weight is 320 g/mol. The molecule has 0 aliphatic carbocycles. The van der Waals surface area contributed by atoms with Gasteiger partial charge in [0, 0.05) is 13.1 Å². The highest BCUT2D eigenvalue weighted by Gasteiger charge is 2.32. The first kappa shape index (κ1) is 17.9. The summed E-state index contributed by atoms with van der Waals surface area (Å²) in [4.78, 5) is 23.2. The first-order chi connectivity index (χ1) is 9.81. The van der Waals surface area contributed by atoms with Gasteiger partial charge < -0.3 is 10.4 Å². The highest BCUT2D eigenvalue weighted by atomic mass is 32.2. The Hall–Kier alpha value is -1.15. The van der Waals surface area contributed by atoms with Crippen LogP contribution in [0.5, 0.6) is 0 Å². The Morgan fingerprint density at radius 1 is 1.38 bits per heavy atom. The molecule has 7 nitrogen and oxygen atoms in total. The Labute approximate surface area is 125 Å². The van der Waals surface area contributed by atoms with Gasteiger partial charge in [0.25, 0.3) is 0 Å². The van der Waals surface area contributed by atoms with Gasteiger partial charge in [-0.25, -0.2) is 17.5 Å². The molecule has 1 fully saturated rings. The smallest absolute Gasteiger partial charge is 0.326 e. The first-order valence-corrected chi connectivity index (χ1v) is 8.93. The van der Waals surface area contributed by atoms with Crippen LogP contribution in [0, 0.1) is 5.92 Å². The maximum absolute atomic E-state index is 12.2.